The minimum Gasteiger partial charge on any atom is -0.452 e. The number of benzene rings is 2. The monoisotopic (exact) mass is 390 g/mol. The Morgan fingerprint density at radius 1 is 1.00 bits per heavy atom. The summed E-state index contributed by atoms with van der Waals surface area (Å²) in [5.41, 5.74) is -0.550. The molecule has 1 aliphatic carbocycles. The van der Waals surface area contributed by atoms with Crippen LogP contribution >= 0.6 is 0 Å². The number of esters is 1. The van der Waals surface area contributed by atoms with Crippen molar-refractivity contribution >= 4 is 23.4 Å². The van der Waals surface area contributed by atoms with Gasteiger partial charge in [-0.15, -0.1) is 0 Å². The summed E-state index contributed by atoms with van der Waals surface area (Å²) in [5, 5.41) is 9.11. The van der Waals surface area contributed by atoms with E-state index in [0.717, 1.165) is 0 Å². The number of nitriles is 1. The van der Waals surface area contributed by atoms with E-state index in [0.29, 0.717) is 0 Å². The van der Waals surface area contributed by atoms with Crippen molar-refractivity contribution in [2.75, 3.05) is 13.7 Å². The molecule has 0 spiro atoms. The zero-order chi connectivity index (χ0) is 21.3. The Labute approximate surface area is 167 Å². The number of rotatable bonds is 4. The van der Waals surface area contributed by atoms with E-state index in [9.17, 15) is 19.2 Å². The minimum absolute atomic E-state index is 0.0284. The second-order valence-corrected chi connectivity index (χ2v) is 7.13. The van der Waals surface area contributed by atoms with E-state index in [-0.39, 0.29) is 33.6 Å². The molecule has 0 N–H and O–H groups in total. The predicted molar refractivity (Wildman–Crippen MR) is 102 cm³/mol. The second kappa shape index (κ2) is 7.32. The molecule has 0 aromatic heterocycles. The molecule has 29 heavy (non-hydrogen) atoms. The first-order valence-corrected chi connectivity index (χ1v) is 8.85. The highest BCUT2D eigenvalue weighted by Crippen LogP contribution is 2.29. The smallest absolute Gasteiger partial charge is 0.339 e. The molecule has 2 aromatic rings. The summed E-state index contributed by atoms with van der Waals surface area (Å²) in [7, 11) is 1.43. The summed E-state index contributed by atoms with van der Waals surface area (Å²) in [6, 6.07) is 12.7. The molecule has 1 amide bonds. The SMILES string of the molecule is CN(C(=O)COC(=O)c1cccc2c1C(=O)c1ccccc1C2=O)C(C)(C)C#N. The summed E-state index contributed by atoms with van der Waals surface area (Å²) in [4.78, 5) is 51.7. The highest BCUT2D eigenvalue weighted by molar-refractivity contribution is 6.30. The lowest BCUT2D eigenvalue weighted by Gasteiger charge is -2.28. The fraction of sp³-hybridized carbons (Fsp3) is 0.227. The van der Waals surface area contributed by atoms with Gasteiger partial charge in [0.1, 0.15) is 5.54 Å². The molecule has 2 aromatic carbocycles. The van der Waals surface area contributed by atoms with E-state index in [1.165, 1.54) is 36.2 Å². The Balaban J connectivity index is 1.87. The number of ether oxygens (including phenoxy) is 1. The molecule has 146 valence electrons. The van der Waals surface area contributed by atoms with Crippen LogP contribution in [-0.2, 0) is 9.53 Å². The van der Waals surface area contributed by atoms with E-state index >= 15 is 0 Å². The van der Waals surface area contributed by atoms with Crippen molar-refractivity contribution in [1.82, 2.24) is 4.90 Å². The number of carbonyl (C=O) groups excluding carboxylic acids is 4. The van der Waals surface area contributed by atoms with Crippen molar-refractivity contribution in [3.05, 3.63) is 70.3 Å². The third-order valence-corrected chi connectivity index (χ3v) is 4.99. The lowest BCUT2D eigenvalue weighted by Crippen LogP contribution is -2.45. The molecule has 7 heteroatoms. The summed E-state index contributed by atoms with van der Waals surface area (Å²) in [5.74, 6) is -2.26. The maximum Gasteiger partial charge on any atom is 0.339 e. The fourth-order valence-corrected chi connectivity index (χ4v) is 3.00. The van der Waals surface area contributed by atoms with Gasteiger partial charge in [-0.25, -0.2) is 4.79 Å². The van der Waals surface area contributed by atoms with Gasteiger partial charge in [0.2, 0.25) is 0 Å². The molecule has 0 fully saturated rings. The second-order valence-electron chi connectivity index (χ2n) is 7.13. The summed E-state index contributed by atoms with van der Waals surface area (Å²) >= 11 is 0. The van der Waals surface area contributed by atoms with Crippen molar-refractivity contribution in [2.24, 2.45) is 0 Å². The van der Waals surface area contributed by atoms with E-state index in [1.807, 2.05) is 6.07 Å². The average Bonchev–Trinajstić information content (AvgIpc) is 2.74. The zero-order valence-electron chi connectivity index (χ0n) is 16.2. The number of amides is 1. The zero-order valence-corrected chi connectivity index (χ0v) is 16.2. The third-order valence-electron chi connectivity index (χ3n) is 4.99. The van der Waals surface area contributed by atoms with Crippen LogP contribution in [0.15, 0.2) is 42.5 Å². The standard InChI is InChI=1S/C22H18N2O5/c1-22(2,12-23)24(3)17(25)11-29-21(28)16-10-6-9-15-18(16)20(27)14-8-5-4-7-13(14)19(15)26/h4-10H,11H2,1-3H3. The maximum atomic E-state index is 12.9. The molecular weight excluding hydrogens is 372 g/mol. The van der Waals surface area contributed by atoms with Gasteiger partial charge >= 0.3 is 5.97 Å². The van der Waals surface area contributed by atoms with Crippen molar-refractivity contribution in [3.8, 4) is 6.07 Å². The van der Waals surface area contributed by atoms with Gasteiger partial charge in [-0.3, -0.25) is 14.4 Å². The largest absolute Gasteiger partial charge is 0.452 e. The topological polar surface area (TPSA) is 105 Å². The van der Waals surface area contributed by atoms with Crippen LogP contribution in [0.5, 0.6) is 0 Å². The maximum absolute atomic E-state index is 12.9. The number of likely N-dealkylation sites (N-methyl/N-ethyl adjacent to an activating group) is 1. The van der Waals surface area contributed by atoms with Crippen molar-refractivity contribution in [2.45, 2.75) is 19.4 Å². The van der Waals surface area contributed by atoms with Crippen LogP contribution in [0.4, 0.5) is 0 Å². The van der Waals surface area contributed by atoms with Crippen LogP contribution in [0.25, 0.3) is 0 Å². The average molecular weight is 390 g/mol. The Kier molecular flexibility index (Phi) is 5.04. The fourth-order valence-electron chi connectivity index (χ4n) is 3.00. The van der Waals surface area contributed by atoms with Gasteiger partial charge in [0.05, 0.1) is 11.6 Å². The van der Waals surface area contributed by atoms with Crippen LogP contribution in [0.2, 0.25) is 0 Å². The number of hydrogen-bond donors (Lipinski definition) is 0. The molecular formula is C22H18N2O5. The highest BCUT2D eigenvalue weighted by Gasteiger charge is 2.34. The predicted octanol–water partition coefficient (Wildman–Crippen LogP) is 2.38. The number of ketones is 2. The van der Waals surface area contributed by atoms with Gasteiger partial charge in [-0.1, -0.05) is 36.4 Å². The first-order valence-electron chi connectivity index (χ1n) is 8.85. The van der Waals surface area contributed by atoms with Gasteiger partial charge in [0.25, 0.3) is 5.91 Å². The van der Waals surface area contributed by atoms with Gasteiger partial charge < -0.3 is 9.64 Å². The van der Waals surface area contributed by atoms with Crippen LogP contribution in [0, 0.1) is 11.3 Å². The molecule has 0 saturated heterocycles. The quantitative estimate of drug-likeness (QED) is 0.634. The Hall–Kier alpha value is -3.79. The Bertz CT molecular complexity index is 1090. The third kappa shape index (κ3) is 3.41. The molecule has 0 atom stereocenters. The van der Waals surface area contributed by atoms with E-state index in [4.69, 9.17) is 10.00 Å². The summed E-state index contributed by atoms with van der Waals surface area (Å²) in [6.07, 6.45) is 0. The lowest BCUT2D eigenvalue weighted by atomic mass is 9.82. The lowest BCUT2D eigenvalue weighted by molar-refractivity contribution is -0.136. The van der Waals surface area contributed by atoms with Crippen LogP contribution in [0.1, 0.15) is 56.0 Å². The first kappa shape index (κ1) is 20.0. The molecule has 0 aliphatic heterocycles. The normalized spacial score (nSPS) is 12.5. The van der Waals surface area contributed by atoms with Crippen LogP contribution in [0.3, 0.4) is 0 Å². The van der Waals surface area contributed by atoms with Gasteiger partial charge in [0, 0.05) is 29.3 Å². The Morgan fingerprint density at radius 3 is 2.21 bits per heavy atom. The highest BCUT2D eigenvalue weighted by atomic mass is 16.5. The Morgan fingerprint density at radius 2 is 1.59 bits per heavy atom. The number of nitrogens with zero attached hydrogens (tertiary/aromatic N) is 2. The number of hydrogen-bond acceptors (Lipinski definition) is 6. The number of carbonyl (C=O) groups is 4. The molecule has 3 rings (SSSR count). The molecule has 0 saturated carbocycles. The van der Waals surface area contributed by atoms with Crippen LogP contribution in [-0.4, -0.2) is 47.5 Å². The van der Waals surface area contributed by atoms with Crippen molar-refractivity contribution < 1.29 is 23.9 Å². The minimum atomic E-state index is -1.07. The van der Waals surface area contributed by atoms with Crippen molar-refractivity contribution in [3.63, 3.8) is 0 Å². The summed E-state index contributed by atoms with van der Waals surface area (Å²) in [6.45, 7) is 2.52. The van der Waals surface area contributed by atoms with Gasteiger partial charge in [0.15, 0.2) is 18.2 Å². The van der Waals surface area contributed by atoms with Crippen LogP contribution < -0.4 is 0 Å². The van der Waals surface area contributed by atoms with Gasteiger partial charge in [-0.05, 0) is 19.9 Å². The molecule has 1 aliphatic rings. The first-order chi connectivity index (χ1) is 13.7. The van der Waals surface area contributed by atoms with E-state index < -0.39 is 29.8 Å². The molecule has 7 nitrogen and oxygen atoms in total. The molecule has 0 radical (unpaired) electrons. The van der Waals surface area contributed by atoms with Crippen molar-refractivity contribution in [1.29, 1.82) is 5.26 Å². The van der Waals surface area contributed by atoms with Gasteiger partial charge in [-0.2, -0.15) is 5.26 Å². The number of fused-ring (bicyclic) bond motifs is 2. The molecule has 0 heterocycles. The van der Waals surface area contributed by atoms with E-state index in [2.05, 4.69) is 0 Å². The van der Waals surface area contributed by atoms with E-state index in [1.54, 1.807) is 32.0 Å². The molecule has 0 bridgehead atoms. The molecule has 0 unspecified atom stereocenters. The summed E-state index contributed by atoms with van der Waals surface area (Å²) < 4.78 is 5.09.